The molecular formula is C13H6ClF3N2O. The molecule has 0 amide bonds. The molecule has 102 valence electrons. The van der Waals surface area contributed by atoms with Crippen molar-refractivity contribution in [1.82, 2.24) is 9.97 Å². The first kappa shape index (κ1) is 12.9. The monoisotopic (exact) mass is 298 g/mol. The fourth-order valence-electron chi connectivity index (χ4n) is 1.73. The van der Waals surface area contributed by atoms with E-state index in [2.05, 4.69) is 9.97 Å². The van der Waals surface area contributed by atoms with Crippen molar-refractivity contribution in [2.24, 2.45) is 0 Å². The number of pyridine rings is 1. The van der Waals surface area contributed by atoms with Gasteiger partial charge in [0, 0.05) is 6.20 Å². The van der Waals surface area contributed by atoms with Crippen molar-refractivity contribution >= 4 is 22.8 Å². The number of nitrogens with zero attached hydrogens (tertiary/aromatic N) is 2. The zero-order valence-corrected chi connectivity index (χ0v) is 10.5. The van der Waals surface area contributed by atoms with Crippen LogP contribution in [0.15, 0.2) is 40.9 Å². The van der Waals surface area contributed by atoms with Gasteiger partial charge in [-0.2, -0.15) is 13.2 Å². The number of aromatic nitrogens is 2. The van der Waals surface area contributed by atoms with Crippen molar-refractivity contribution in [3.8, 4) is 11.5 Å². The van der Waals surface area contributed by atoms with Gasteiger partial charge < -0.3 is 4.42 Å². The van der Waals surface area contributed by atoms with E-state index < -0.39 is 11.7 Å². The van der Waals surface area contributed by atoms with E-state index >= 15 is 0 Å². The van der Waals surface area contributed by atoms with Crippen molar-refractivity contribution in [3.63, 3.8) is 0 Å². The zero-order valence-electron chi connectivity index (χ0n) is 9.78. The summed E-state index contributed by atoms with van der Waals surface area (Å²) in [4.78, 5) is 7.64. The molecule has 0 atom stereocenters. The Labute approximate surface area is 116 Å². The molecule has 0 aliphatic carbocycles. The molecule has 20 heavy (non-hydrogen) atoms. The second-order valence-corrected chi connectivity index (χ2v) is 4.45. The summed E-state index contributed by atoms with van der Waals surface area (Å²) >= 11 is 5.99. The van der Waals surface area contributed by atoms with Crippen LogP contribution in [0.3, 0.4) is 0 Å². The van der Waals surface area contributed by atoms with Gasteiger partial charge in [0.05, 0.1) is 16.1 Å². The van der Waals surface area contributed by atoms with Gasteiger partial charge >= 0.3 is 6.18 Å². The Kier molecular flexibility index (Phi) is 2.90. The van der Waals surface area contributed by atoms with Gasteiger partial charge in [0.2, 0.25) is 11.6 Å². The predicted molar refractivity (Wildman–Crippen MR) is 67.3 cm³/mol. The Morgan fingerprint density at radius 3 is 2.60 bits per heavy atom. The molecule has 0 N–H and O–H groups in total. The van der Waals surface area contributed by atoms with Crippen LogP contribution < -0.4 is 0 Å². The Morgan fingerprint density at radius 2 is 1.90 bits per heavy atom. The number of oxazole rings is 1. The van der Waals surface area contributed by atoms with E-state index in [0.717, 1.165) is 6.07 Å². The normalized spacial score (nSPS) is 12.0. The first-order valence-electron chi connectivity index (χ1n) is 5.54. The third-order valence-corrected chi connectivity index (χ3v) is 3.01. The number of alkyl halides is 3. The molecule has 0 spiro atoms. The van der Waals surface area contributed by atoms with E-state index in [9.17, 15) is 13.2 Å². The molecule has 3 rings (SSSR count). The van der Waals surface area contributed by atoms with Crippen LogP contribution in [-0.4, -0.2) is 9.97 Å². The summed E-state index contributed by atoms with van der Waals surface area (Å²) in [5.41, 5.74) is -0.299. The fraction of sp³-hybridized carbons (Fsp3) is 0.0769. The van der Waals surface area contributed by atoms with Gasteiger partial charge in [-0.25, -0.2) is 9.97 Å². The van der Waals surface area contributed by atoms with Crippen molar-refractivity contribution in [3.05, 3.63) is 47.1 Å². The van der Waals surface area contributed by atoms with Crippen LogP contribution in [0.4, 0.5) is 13.2 Å². The van der Waals surface area contributed by atoms with Gasteiger partial charge in [-0.1, -0.05) is 23.7 Å². The predicted octanol–water partition coefficient (Wildman–Crippen LogP) is 4.56. The SMILES string of the molecule is FC(F)(F)c1cnc2oc(-c3ccccc3Cl)nc2c1. The van der Waals surface area contributed by atoms with Crippen LogP contribution in [0.1, 0.15) is 5.56 Å². The average Bonchev–Trinajstić information content (AvgIpc) is 2.80. The molecule has 1 aromatic carbocycles. The van der Waals surface area contributed by atoms with Gasteiger partial charge in [0.25, 0.3) is 0 Å². The Bertz CT molecular complexity index is 783. The molecule has 0 aliphatic rings. The Morgan fingerprint density at radius 1 is 1.15 bits per heavy atom. The first-order valence-corrected chi connectivity index (χ1v) is 5.91. The third-order valence-electron chi connectivity index (χ3n) is 2.68. The van der Waals surface area contributed by atoms with Crippen LogP contribution >= 0.6 is 11.6 Å². The highest BCUT2D eigenvalue weighted by Crippen LogP contribution is 2.33. The lowest BCUT2D eigenvalue weighted by molar-refractivity contribution is -0.137. The molecule has 7 heteroatoms. The van der Waals surface area contributed by atoms with E-state index in [1.165, 1.54) is 0 Å². The molecule has 0 unspecified atom stereocenters. The number of rotatable bonds is 1. The van der Waals surface area contributed by atoms with Crippen molar-refractivity contribution < 1.29 is 17.6 Å². The number of hydrogen-bond acceptors (Lipinski definition) is 3. The minimum atomic E-state index is -4.47. The van der Waals surface area contributed by atoms with Crippen molar-refractivity contribution in [1.29, 1.82) is 0 Å². The lowest BCUT2D eigenvalue weighted by atomic mass is 10.2. The Hall–Kier alpha value is -2.08. The molecule has 2 aromatic heterocycles. The highest BCUT2D eigenvalue weighted by atomic mass is 35.5. The maximum atomic E-state index is 12.6. The van der Waals surface area contributed by atoms with Crippen LogP contribution in [0.5, 0.6) is 0 Å². The van der Waals surface area contributed by atoms with Crippen LogP contribution in [-0.2, 0) is 6.18 Å². The maximum absolute atomic E-state index is 12.6. The van der Waals surface area contributed by atoms with E-state index in [0.29, 0.717) is 16.8 Å². The molecule has 3 aromatic rings. The van der Waals surface area contributed by atoms with Gasteiger partial charge in [0.15, 0.2) is 0 Å². The number of fused-ring (bicyclic) bond motifs is 1. The summed E-state index contributed by atoms with van der Waals surface area (Å²) in [6, 6.07) is 7.66. The van der Waals surface area contributed by atoms with E-state index in [1.54, 1.807) is 24.3 Å². The lowest BCUT2D eigenvalue weighted by Crippen LogP contribution is -2.04. The molecule has 0 aliphatic heterocycles. The van der Waals surface area contributed by atoms with E-state index in [4.69, 9.17) is 16.0 Å². The van der Waals surface area contributed by atoms with E-state index in [-0.39, 0.29) is 17.1 Å². The minimum absolute atomic E-state index is 0.0351. The van der Waals surface area contributed by atoms with Crippen molar-refractivity contribution in [2.45, 2.75) is 6.18 Å². The minimum Gasteiger partial charge on any atom is -0.418 e. The first-order chi connectivity index (χ1) is 9.45. The van der Waals surface area contributed by atoms with Crippen LogP contribution in [0, 0.1) is 0 Å². The summed E-state index contributed by atoms with van der Waals surface area (Å²) in [5.74, 6) is 0.137. The smallest absolute Gasteiger partial charge is 0.417 e. The highest BCUT2D eigenvalue weighted by molar-refractivity contribution is 6.33. The fourth-order valence-corrected chi connectivity index (χ4v) is 1.94. The van der Waals surface area contributed by atoms with Gasteiger partial charge in [-0.15, -0.1) is 0 Å². The Balaban J connectivity index is 2.14. The number of hydrogen-bond donors (Lipinski definition) is 0. The van der Waals surface area contributed by atoms with Gasteiger partial charge in [0.1, 0.15) is 5.52 Å². The van der Waals surface area contributed by atoms with Crippen molar-refractivity contribution in [2.75, 3.05) is 0 Å². The zero-order chi connectivity index (χ0) is 14.3. The molecular weight excluding hydrogens is 293 g/mol. The molecule has 0 bridgehead atoms. The molecule has 3 nitrogen and oxygen atoms in total. The number of benzene rings is 1. The number of halogens is 4. The average molecular weight is 299 g/mol. The third kappa shape index (κ3) is 2.22. The summed E-state index contributed by atoms with van der Waals surface area (Å²) in [6.07, 6.45) is -3.76. The highest BCUT2D eigenvalue weighted by Gasteiger charge is 2.31. The standard InChI is InChI=1S/C13H6ClF3N2O/c14-9-4-2-1-3-8(9)11-19-10-5-7(13(15,16)17)6-18-12(10)20-11/h1-6H. The molecule has 0 saturated carbocycles. The second kappa shape index (κ2) is 4.49. The quantitative estimate of drug-likeness (QED) is 0.661. The summed E-state index contributed by atoms with van der Waals surface area (Å²) in [7, 11) is 0. The van der Waals surface area contributed by atoms with E-state index in [1.807, 2.05) is 0 Å². The molecule has 0 saturated heterocycles. The lowest BCUT2D eigenvalue weighted by Gasteiger charge is -2.03. The summed E-state index contributed by atoms with van der Waals surface area (Å²) in [6.45, 7) is 0. The second-order valence-electron chi connectivity index (χ2n) is 4.04. The van der Waals surface area contributed by atoms with Gasteiger partial charge in [-0.05, 0) is 18.2 Å². The topological polar surface area (TPSA) is 38.9 Å². The maximum Gasteiger partial charge on any atom is 0.417 e. The summed E-state index contributed by atoms with van der Waals surface area (Å²) in [5, 5.41) is 0.398. The summed E-state index contributed by atoms with van der Waals surface area (Å²) < 4.78 is 43.1. The molecule has 0 radical (unpaired) electrons. The van der Waals surface area contributed by atoms with Crippen LogP contribution in [0.25, 0.3) is 22.7 Å². The van der Waals surface area contributed by atoms with Crippen LogP contribution in [0.2, 0.25) is 5.02 Å². The largest absolute Gasteiger partial charge is 0.418 e. The van der Waals surface area contributed by atoms with Gasteiger partial charge in [-0.3, -0.25) is 0 Å². The molecule has 2 heterocycles. The molecule has 0 fully saturated rings.